The number of hydrogen-bond donors (Lipinski definition) is 1. The van der Waals surface area contributed by atoms with Crippen molar-refractivity contribution in [3.05, 3.63) is 48.0 Å². The van der Waals surface area contributed by atoms with Crippen LogP contribution in [0.2, 0.25) is 0 Å². The molecule has 0 spiro atoms. The van der Waals surface area contributed by atoms with Gasteiger partial charge in [-0.15, -0.1) is 0 Å². The number of benzene rings is 2. The Morgan fingerprint density at radius 1 is 1.11 bits per heavy atom. The molecule has 0 fully saturated rings. The minimum atomic E-state index is -0.461. The van der Waals surface area contributed by atoms with E-state index in [0.29, 0.717) is 17.0 Å². The van der Waals surface area contributed by atoms with Crippen molar-refractivity contribution in [1.82, 2.24) is 0 Å². The highest BCUT2D eigenvalue weighted by atomic mass is 16.5. The van der Waals surface area contributed by atoms with E-state index in [2.05, 4.69) is 0 Å². The third-order valence-corrected chi connectivity index (χ3v) is 2.86. The van der Waals surface area contributed by atoms with Crippen molar-refractivity contribution in [2.45, 2.75) is 0 Å². The van der Waals surface area contributed by atoms with Gasteiger partial charge in [0.25, 0.3) is 0 Å². The second-order valence-corrected chi connectivity index (χ2v) is 4.00. The zero-order valence-corrected chi connectivity index (χ0v) is 10.8. The minimum Gasteiger partial charge on any atom is -0.496 e. The molecule has 0 saturated carbocycles. The maximum absolute atomic E-state index is 11.7. The van der Waals surface area contributed by atoms with Gasteiger partial charge < -0.3 is 15.2 Å². The Kier molecular flexibility index (Phi) is 3.71. The molecule has 0 aliphatic carbocycles. The molecule has 2 aromatic carbocycles. The highest BCUT2D eigenvalue weighted by molar-refractivity contribution is 5.97. The fourth-order valence-corrected chi connectivity index (χ4v) is 1.89. The van der Waals surface area contributed by atoms with Crippen LogP contribution in [0, 0.1) is 0 Å². The molecule has 0 heterocycles. The van der Waals surface area contributed by atoms with Gasteiger partial charge in [-0.3, -0.25) is 0 Å². The highest BCUT2D eigenvalue weighted by Crippen LogP contribution is 2.34. The molecular formula is C15H15NO3. The third kappa shape index (κ3) is 2.52. The Balaban J connectivity index is 2.62. The van der Waals surface area contributed by atoms with Gasteiger partial charge in [0.15, 0.2) is 0 Å². The fraction of sp³-hybridized carbons (Fsp3) is 0.133. The largest absolute Gasteiger partial charge is 0.496 e. The summed E-state index contributed by atoms with van der Waals surface area (Å²) >= 11 is 0. The molecule has 0 unspecified atom stereocenters. The summed E-state index contributed by atoms with van der Waals surface area (Å²) in [5, 5.41) is 0. The van der Waals surface area contributed by atoms with Crippen LogP contribution < -0.4 is 10.5 Å². The van der Waals surface area contributed by atoms with E-state index in [1.165, 1.54) is 7.11 Å². The Morgan fingerprint density at radius 2 is 1.79 bits per heavy atom. The van der Waals surface area contributed by atoms with Crippen LogP contribution in [0.4, 0.5) is 5.69 Å². The number of esters is 1. The summed E-state index contributed by atoms with van der Waals surface area (Å²) < 4.78 is 10.0. The standard InChI is InChI=1S/C15H15NO3/c1-18-14-9-13(16)12(15(17)19-2)8-11(14)10-6-4-3-5-7-10/h3-9H,16H2,1-2H3. The Hall–Kier alpha value is -2.49. The first-order valence-corrected chi connectivity index (χ1v) is 5.78. The molecule has 0 amide bonds. The van der Waals surface area contributed by atoms with Crippen LogP contribution in [0.3, 0.4) is 0 Å². The summed E-state index contributed by atoms with van der Waals surface area (Å²) in [7, 11) is 2.90. The van der Waals surface area contributed by atoms with Gasteiger partial charge in [0.2, 0.25) is 0 Å². The number of nitrogens with two attached hydrogens (primary N) is 1. The van der Waals surface area contributed by atoms with Crippen molar-refractivity contribution in [1.29, 1.82) is 0 Å². The van der Waals surface area contributed by atoms with E-state index in [4.69, 9.17) is 15.2 Å². The van der Waals surface area contributed by atoms with Crippen LogP contribution in [0.1, 0.15) is 10.4 Å². The molecule has 98 valence electrons. The van der Waals surface area contributed by atoms with Crippen molar-refractivity contribution < 1.29 is 14.3 Å². The van der Waals surface area contributed by atoms with E-state index in [-0.39, 0.29) is 0 Å². The van der Waals surface area contributed by atoms with E-state index < -0.39 is 5.97 Å². The zero-order valence-electron chi connectivity index (χ0n) is 10.8. The number of hydrogen-bond acceptors (Lipinski definition) is 4. The average Bonchev–Trinajstić information content (AvgIpc) is 2.47. The van der Waals surface area contributed by atoms with Crippen molar-refractivity contribution in [2.24, 2.45) is 0 Å². The summed E-state index contributed by atoms with van der Waals surface area (Å²) in [6.45, 7) is 0. The van der Waals surface area contributed by atoms with Crippen LogP contribution in [-0.4, -0.2) is 20.2 Å². The average molecular weight is 257 g/mol. The van der Waals surface area contributed by atoms with Gasteiger partial charge in [-0.05, 0) is 11.6 Å². The van der Waals surface area contributed by atoms with Crippen LogP contribution in [0.5, 0.6) is 5.75 Å². The molecule has 2 N–H and O–H groups in total. The number of ether oxygens (including phenoxy) is 2. The predicted octanol–water partition coefficient (Wildman–Crippen LogP) is 2.73. The number of carbonyl (C=O) groups is 1. The molecule has 4 nitrogen and oxygen atoms in total. The Bertz CT molecular complexity index is 594. The summed E-state index contributed by atoms with van der Waals surface area (Å²) in [5.74, 6) is 0.161. The smallest absolute Gasteiger partial charge is 0.339 e. The van der Waals surface area contributed by atoms with Crippen molar-refractivity contribution in [2.75, 3.05) is 20.0 Å². The van der Waals surface area contributed by atoms with Crippen molar-refractivity contribution >= 4 is 11.7 Å². The summed E-state index contributed by atoms with van der Waals surface area (Å²) in [4.78, 5) is 11.7. The number of nitrogen functional groups attached to an aromatic ring is 1. The predicted molar refractivity (Wildman–Crippen MR) is 74.2 cm³/mol. The van der Waals surface area contributed by atoms with Crippen LogP contribution in [0.25, 0.3) is 11.1 Å². The Labute approximate surface area is 111 Å². The number of carbonyl (C=O) groups excluding carboxylic acids is 1. The number of rotatable bonds is 3. The van der Waals surface area contributed by atoms with Gasteiger partial charge in [0.1, 0.15) is 5.75 Å². The molecule has 0 bridgehead atoms. The molecule has 4 heteroatoms. The topological polar surface area (TPSA) is 61.5 Å². The molecule has 0 aliphatic heterocycles. The number of anilines is 1. The third-order valence-electron chi connectivity index (χ3n) is 2.86. The van der Waals surface area contributed by atoms with Crippen LogP contribution in [-0.2, 0) is 4.74 Å². The van der Waals surface area contributed by atoms with E-state index in [9.17, 15) is 4.79 Å². The molecule has 2 aromatic rings. The number of methoxy groups -OCH3 is 2. The maximum Gasteiger partial charge on any atom is 0.339 e. The summed E-state index contributed by atoms with van der Waals surface area (Å²) in [5.41, 5.74) is 8.26. The molecule has 2 rings (SSSR count). The lowest BCUT2D eigenvalue weighted by Crippen LogP contribution is -2.06. The Morgan fingerprint density at radius 3 is 2.37 bits per heavy atom. The van der Waals surface area contributed by atoms with Gasteiger partial charge >= 0.3 is 5.97 Å². The molecule has 0 atom stereocenters. The van der Waals surface area contributed by atoms with Gasteiger partial charge in [-0.2, -0.15) is 0 Å². The minimum absolute atomic E-state index is 0.335. The summed E-state index contributed by atoms with van der Waals surface area (Å²) in [6.07, 6.45) is 0. The maximum atomic E-state index is 11.7. The first-order chi connectivity index (χ1) is 9.17. The lowest BCUT2D eigenvalue weighted by atomic mass is 10.0. The lowest BCUT2D eigenvalue weighted by Gasteiger charge is -2.12. The van der Waals surface area contributed by atoms with Crippen LogP contribution >= 0.6 is 0 Å². The van der Waals surface area contributed by atoms with E-state index in [1.807, 2.05) is 30.3 Å². The van der Waals surface area contributed by atoms with E-state index >= 15 is 0 Å². The first kappa shape index (κ1) is 13.0. The second kappa shape index (κ2) is 5.44. The van der Waals surface area contributed by atoms with Crippen molar-refractivity contribution in [3.8, 4) is 16.9 Å². The molecule has 0 aromatic heterocycles. The van der Waals surface area contributed by atoms with Crippen LogP contribution in [0.15, 0.2) is 42.5 Å². The van der Waals surface area contributed by atoms with Gasteiger partial charge in [-0.25, -0.2) is 4.79 Å². The molecular weight excluding hydrogens is 242 g/mol. The quantitative estimate of drug-likeness (QED) is 0.678. The molecule has 0 aliphatic rings. The monoisotopic (exact) mass is 257 g/mol. The summed E-state index contributed by atoms with van der Waals surface area (Å²) in [6, 6.07) is 13.0. The SMILES string of the molecule is COC(=O)c1cc(-c2ccccc2)c(OC)cc1N. The van der Waals surface area contributed by atoms with Gasteiger partial charge in [-0.1, -0.05) is 30.3 Å². The zero-order chi connectivity index (χ0) is 13.8. The molecule has 19 heavy (non-hydrogen) atoms. The van der Waals surface area contributed by atoms with E-state index in [0.717, 1.165) is 11.1 Å². The second-order valence-electron chi connectivity index (χ2n) is 4.00. The first-order valence-electron chi connectivity index (χ1n) is 5.78. The molecule has 0 saturated heterocycles. The van der Waals surface area contributed by atoms with Crippen molar-refractivity contribution in [3.63, 3.8) is 0 Å². The van der Waals surface area contributed by atoms with Gasteiger partial charge in [0, 0.05) is 17.3 Å². The highest BCUT2D eigenvalue weighted by Gasteiger charge is 2.15. The van der Waals surface area contributed by atoms with E-state index in [1.54, 1.807) is 19.2 Å². The fourth-order valence-electron chi connectivity index (χ4n) is 1.89. The molecule has 0 radical (unpaired) electrons. The normalized spacial score (nSPS) is 10.0. The van der Waals surface area contributed by atoms with Gasteiger partial charge in [0.05, 0.1) is 19.8 Å². The lowest BCUT2D eigenvalue weighted by molar-refractivity contribution is 0.0602.